The van der Waals surface area contributed by atoms with E-state index in [0.717, 1.165) is 30.7 Å². The topological polar surface area (TPSA) is 48.4 Å². The Bertz CT molecular complexity index is 410. The number of hydrogen-bond donors (Lipinski definition) is 0. The molecule has 1 aromatic heterocycles. The summed E-state index contributed by atoms with van der Waals surface area (Å²) in [4.78, 5) is 16.0. The second kappa shape index (κ2) is 5.80. The molecule has 0 spiro atoms. The Morgan fingerprint density at radius 3 is 2.72 bits per heavy atom. The van der Waals surface area contributed by atoms with Gasteiger partial charge in [-0.1, -0.05) is 12.8 Å². The number of carbonyl (C=O) groups excluding carboxylic acids is 1. The maximum atomic E-state index is 11.6. The van der Waals surface area contributed by atoms with Crippen molar-refractivity contribution in [1.29, 1.82) is 0 Å². The van der Waals surface area contributed by atoms with Gasteiger partial charge in [-0.25, -0.2) is 9.78 Å². The fourth-order valence-corrected chi connectivity index (χ4v) is 3.43. The quantitative estimate of drug-likeness (QED) is 0.771. The molecule has 1 heterocycles. The zero-order valence-electron chi connectivity index (χ0n) is 10.9. The smallest absolute Gasteiger partial charge is 0.357 e. The molecule has 0 N–H and O–H groups in total. The monoisotopic (exact) mass is 269 g/mol. The number of thiazole rings is 1. The van der Waals surface area contributed by atoms with E-state index in [2.05, 4.69) is 4.98 Å². The third-order valence-corrected chi connectivity index (χ3v) is 4.24. The predicted molar refractivity (Wildman–Crippen MR) is 69.8 cm³/mol. The van der Waals surface area contributed by atoms with Crippen LogP contribution in [0.15, 0.2) is 5.38 Å². The molecule has 100 valence electrons. The summed E-state index contributed by atoms with van der Waals surface area (Å²) in [7, 11) is 0. The summed E-state index contributed by atoms with van der Waals surface area (Å²) in [6.45, 7) is 4.85. The molecule has 0 radical (unpaired) electrons. The van der Waals surface area contributed by atoms with Crippen LogP contribution < -0.4 is 0 Å². The van der Waals surface area contributed by atoms with Crippen LogP contribution in [0.3, 0.4) is 0 Å². The molecule has 0 aromatic carbocycles. The van der Waals surface area contributed by atoms with E-state index in [-0.39, 0.29) is 11.6 Å². The van der Waals surface area contributed by atoms with Crippen LogP contribution in [0, 0.1) is 0 Å². The van der Waals surface area contributed by atoms with Gasteiger partial charge in [-0.05, 0) is 26.7 Å². The Kier molecular flexibility index (Phi) is 4.35. The Balaban J connectivity index is 2.19. The van der Waals surface area contributed by atoms with Crippen molar-refractivity contribution >= 4 is 17.3 Å². The number of nitrogens with zero attached hydrogens (tertiary/aromatic N) is 1. The lowest BCUT2D eigenvalue weighted by Crippen LogP contribution is -2.26. The molecule has 4 nitrogen and oxygen atoms in total. The average molecular weight is 269 g/mol. The second-order valence-electron chi connectivity index (χ2n) is 4.39. The lowest BCUT2D eigenvalue weighted by molar-refractivity contribution is -0.0392. The highest BCUT2D eigenvalue weighted by molar-refractivity contribution is 7.10. The predicted octanol–water partition coefficient (Wildman–Crippen LogP) is 3.13. The van der Waals surface area contributed by atoms with Crippen molar-refractivity contribution in [3.05, 3.63) is 16.1 Å². The van der Waals surface area contributed by atoms with E-state index < -0.39 is 0 Å². The van der Waals surface area contributed by atoms with Gasteiger partial charge < -0.3 is 9.47 Å². The van der Waals surface area contributed by atoms with Gasteiger partial charge in [-0.15, -0.1) is 11.3 Å². The number of esters is 1. The van der Waals surface area contributed by atoms with Gasteiger partial charge >= 0.3 is 5.97 Å². The summed E-state index contributed by atoms with van der Waals surface area (Å²) in [5, 5.41) is 2.69. The number of ether oxygens (including phenoxy) is 2. The van der Waals surface area contributed by atoms with E-state index in [1.165, 1.54) is 11.3 Å². The van der Waals surface area contributed by atoms with Gasteiger partial charge in [-0.3, -0.25) is 0 Å². The summed E-state index contributed by atoms with van der Waals surface area (Å²) in [5.41, 5.74) is 0.146. The van der Waals surface area contributed by atoms with Crippen molar-refractivity contribution in [3.63, 3.8) is 0 Å². The van der Waals surface area contributed by atoms with E-state index >= 15 is 0 Å². The molecule has 0 unspecified atom stereocenters. The van der Waals surface area contributed by atoms with Crippen molar-refractivity contribution in [2.45, 2.75) is 45.1 Å². The Morgan fingerprint density at radius 1 is 1.39 bits per heavy atom. The van der Waals surface area contributed by atoms with Crippen LogP contribution in [0.2, 0.25) is 0 Å². The lowest BCUT2D eigenvalue weighted by atomic mass is 10.0. The molecular weight excluding hydrogens is 250 g/mol. The molecule has 1 aliphatic carbocycles. The first-order chi connectivity index (χ1) is 8.72. The van der Waals surface area contributed by atoms with Gasteiger partial charge in [-0.2, -0.15) is 0 Å². The fourth-order valence-electron chi connectivity index (χ4n) is 2.42. The van der Waals surface area contributed by atoms with Crippen LogP contribution in [0.25, 0.3) is 0 Å². The Morgan fingerprint density at radius 2 is 2.11 bits per heavy atom. The van der Waals surface area contributed by atoms with E-state index in [1.807, 2.05) is 6.92 Å². The molecule has 2 rings (SSSR count). The molecular formula is C13H19NO3S. The number of aromatic nitrogens is 1. The number of carbonyl (C=O) groups is 1. The number of hydrogen-bond acceptors (Lipinski definition) is 5. The molecule has 0 amide bonds. The summed E-state index contributed by atoms with van der Waals surface area (Å²) >= 11 is 1.50. The molecule has 0 saturated heterocycles. The third kappa shape index (κ3) is 2.57. The number of rotatable bonds is 5. The minimum absolute atomic E-state index is 0.260. The molecule has 1 aliphatic rings. The molecule has 0 aliphatic heterocycles. The van der Waals surface area contributed by atoms with Gasteiger partial charge in [0.25, 0.3) is 0 Å². The Hall–Kier alpha value is -0.940. The average Bonchev–Trinajstić information content (AvgIpc) is 2.98. The second-order valence-corrected chi connectivity index (χ2v) is 5.25. The maximum Gasteiger partial charge on any atom is 0.357 e. The van der Waals surface area contributed by atoms with E-state index in [1.54, 1.807) is 12.3 Å². The van der Waals surface area contributed by atoms with Gasteiger partial charge in [0.05, 0.1) is 6.61 Å². The van der Waals surface area contributed by atoms with Gasteiger partial charge in [0.2, 0.25) is 0 Å². The first kappa shape index (κ1) is 13.5. The van der Waals surface area contributed by atoms with Gasteiger partial charge in [0, 0.05) is 12.0 Å². The summed E-state index contributed by atoms with van der Waals surface area (Å²) < 4.78 is 10.9. The highest BCUT2D eigenvalue weighted by atomic mass is 32.1. The summed E-state index contributed by atoms with van der Waals surface area (Å²) in [6, 6.07) is 0. The van der Waals surface area contributed by atoms with Crippen LogP contribution in [-0.4, -0.2) is 24.2 Å². The van der Waals surface area contributed by atoms with Crippen molar-refractivity contribution in [1.82, 2.24) is 4.98 Å². The molecule has 0 atom stereocenters. The van der Waals surface area contributed by atoms with E-state index in [0.29, 0.717) is 18.9 Å². The van der Waals surface area contributed by atoms with Crippen LogP contribution in [0.4, 0.5) is 0 Å². The lowest BCUT2D eigenvalue weighted by Gasteiger charge is -2.26. The molecule has 1 saturated carbocycles. The highest BCUT2D eigenvalue weighted by Crippen LogP contribution is 2.43. The van der Waals surface area contributed by atoms with Crippen LogP contribution >= 0.6 is 11.3 Å². The normalized spacial score (nSPS) is 17.9. The molecule has 5 heteroatoms. The summed E-state index contributed by atoms with van der Waals surface area (Å²) in [6.07, 6.45) is 4.32. The van der Waals surface area contributed by atoms with E-state index in [4.69, 9.17) is 9.47 Å². The Labute approximate surface area is 111 Å². The fraction of sp³-hybridized carbons (Fsp3) is 0.692. The minimum Gasteiger partial charge on any atom is -0.461 e. The van der Waals surface area contributed by atoms with Crippen molar-refractivity contribution in [2.75, 3.05) is 13.2 Å². The first-order valence-electron chi connectivity index (χ1n) is 6.49. The van der Waals surface area contributed by atoms with Gasteiger partial charge in [0.1, 0.15) is 10.6 Å². The molecule has 1 fully saturated rings. The van der Waals surface area contributed by atoms with Crippen molar-refractivity contribution in [3.8, 4) is 0 Å². The third-order valence-electron chi connectivity index (χ3n) is 3.21. The molecule has 18 heavy (non-hydrogen) atoms. The van der Waals surface area contributed by atoms with Crippen LogP contribution in [0.5, 0.6) is 0 Å². The standard InChI is InChI=1S/C13H19NO3S/c1-3-16-11(15)10-9-18-12(14-10)13(17-4-2)7-5-6-8-13/h9H,3-8H2,1-2H3. The largest absolute Gasteiger partial charge is 0.461 e. The van der Waals surface area contributed by atoms with Gasteiger partial charge in [0.15, 0.2) is 5.69 Å². The molecule has 1 aromatic rings. The molecule has 0 bridgehead atoms. The SMILES string of the molecule is CCOC(=O)c1csc(C2(OCC)CCCC2)n1. The first-order valence-corrected chi connectivity index (χ1v) is 7.37. The van der Waals surface area contributed by atoms with E-state index in [9.17, 15) is 4.79 Å². The minimum atomic E-state index is -0.343. The zero-order chi connectivity index (χ0) is 13.0. The maximum absolute atomic E-state index is 11.6. The summed E-state index contributed by atoms with van der Waals surface area (Å²) in [5.74, 6) is -0.343. The van der Waals surface area contributed by atoms with Crippen LogP contribution in [-0.2, 0) is 15.1 Å². The van der Waals surface area contributed by atoms with Crippen molar-refractivity contribution in [2.24, 2.45) is 0 Å². The zero-order valence-corrected chi connectivity index (χ0v) is 11.7. The van der Waals surface area contributed by atoms with Crippen molar-refractivity contribution < 1.29 is 14.3 Å². The van der Waals surface area contributed by atoms with Crippen LogP contribution in [0.1, 0.15) is 55.0 Å². The highest BCUT2D eigenvalue weighted by Gasteiger charge is 2.39.